The molecule has 0 spiro atoms. The Balaban J connectivity index is 2.50. The van der Waals surface area contributed by atoms with Crippen molar-refractivity contribution in [1.82, 2.24) is 25.0 Å². The molecular weight excluding hydrogens is 190 g/mol. The number of hydrogen-bond acceptors (Lipinski definition) is 3. The van der Waals surface area contributed by atoms with Crippen LogP contribution in [0.5, 0.6) is 0 Å². The van der Waals surface area contributed by atoms with Crippen LogP contribution in [-0.4, -0.2) is 25.0 Å². The molecule has 0 saturated carbocycles. The largest absolute Gasteiger partial charge is 0.329 e. The van der Waals surface area contributed by atoms with Crippen molar-refractivity contribution >= 4 is 0 Å². The zero-order valence-electron chi connectivity index (χ0n) is 9.44. The van der Waals surface area contributed by atoms with Crippen molar-refractivity contribution < 1.29 is 0 Å². The molecular formula is C10H15N5. The zero-order valence-corrected chi connectivity index (χ0v) is 9.44. The second kappa shape index (κ2) is 3.18. The molecule has 0 aliphatic heterocycles. The van der Waals surface area contributed by atoms with Crippen LogP contribution in [0.25, 0.3) is 11.4 Å². The van der Waals surface area contributed by atoms with Crippen molar-refractivity contribution in [1.29, 1.82) is 0 Å². The summed E-state index contributed by atoms with van der Waals surface area (Å²) in [7, 11) is 2.00. The average molecular weight is 205 g/mol. The molecule has 2 aromatic rings. The Morgan fingerprint density at radius 1 is 1.27 bits per heavy atom. The summed E-state index contributed by atoms with van der Waals surface area (Å²) >= 11 is 0. The molecule has 0 radical (unpaired) electrons. The molecule has 5 nitrogen and oxygen atoms in total. The Hall–Kier alpha value is -1.65. The Bertz CT molecular complexity index is 447. The van der Waals surface area contributed by atoms with Crippen LogP contribution in [0.4, 0.5) is 0 Å². The van der Waals surface area contributed by atoms with Crippen LogP contribution in [0.3, 0.4) is 0 Å². The Morgan fingerprint density at radius 3 is 2.47 bits per heavy atom. The molecule has 0 unspecified atom stereocenters. The van der Waals surface area contributed by atoms with Crippen molar-refractivity contribution in [3.8, 4) is 11.4 Å². The molecule has 0 fully saturated rings. The van der Waals surface area contributed by atoms with Crippen molar-refractivity contribution in [2.24, 2.45) is 7.05 Å². The second-order valence-corrected chi connectivity index (χ2v) is 4.63. The van der Waals surface area contributed by atoms with Gasteiger partial charge in [0, 0.05) is 12.5 Å². The first kappa shape index (κ1) is 9.89. The fourth-order valence-corrected chi connectivity index (χ4v) is 1.67. The maximum atomic E-state index is 4.42. The molecule has 0 aliphatic rings. The van der Waals surface area contributed by atoms with Gasteiger partial charge < -0.3 is 4.57 Å². The van der Waals surface area contributed by atoms with Crippen molar-refractivity contribution in [3.05, 3.63) is 18.2 Å². The van der Waals surface area contributed by atoms with Gasteiger partial charge in [0.15, 0.2) is 0 Å². The third-order valence-corrected chi connectivity index (χ3v) is 2.34. The fraction of sp³-hybridized carbons (Fsp3) is 0.500. The Kier molecular flexibility index (Phi) is 2.10. The fourth-order valence-electron chi connectivity index (χ4n) is 1.67. The smallest absolute Gasteiger partial charge is 0.130 e. The van der Waals surface area contributed by atoms with E-state index in [1.165, 1.54) is 0 Å². The number of hydrogen-bond donors (Lipinski definition) is 1. The van der Waals surface area contributed by atoms with E-state index < -0.39 is 0 Å². The van der Waals surface area contributed by atoms with Gasteiger partial charge in [-0.05, 0) is 0 Å². The van der Waals surface area contributed by atoms with E-state index in [1.807, 2.05) is 13.2 Å². The lowest BCUT2D eigenvalue weighted by atomic mass is 9.96. The minimum Gasteiger partial charge on any atom is -0.329 e. The summed E-state index contributed by atoms with van der Waals surface area (Å²) in [6, 6.07) is 0. The van der Waals surface area contributed by atoms with Gasteiger partial charge in [0.25, 0.3) is 0 Å². The molecule has 1 N–H and O–H groups in total. The Labute approximate surface area is 88.5 Å². The zero-order chi connectivity index (χ0) is 11.1. The van der Waals surface area contributed by atoms with Crippen LogP contribution in [-0.2, 0) is 12.5 Å². The maximum absolute atomic E-state index is 4.42. The Morgan fingerprint density at radius 2 is 2.00 bits per heavy atom. The first-order chi connectivity index (χ1) is 7.00. The molecule has 2 heterocycles. The topological polar surface area (TPSA) is 59.4 Å². The lowest BCUT2D eigenvalue weighted by Crippen LogP contribution is -2.17. The van der Waals surface area contributed by atoms with Gasteiger partial charge in [-0.1, -0.05) is 20.8 Å². The third kappa shape index (κ3) is 1.65. The van der Waals surface area contributed by atoms with Crippen molar-refractivity contribution in [3.63, 3.8) is 0 Å². The predicted molar refractivity (Wildman–Crippen MR) is 57.3 cm³/mol. The number of H-pyrrole nitrogens is 1. The normalized spacial score (nSPS) is 12.0. The highest BCUT2D eigenvalue weighted by molar-refractivity contribution is 5.52. The number of rotatable bonds is 1. The highest BCUT2D eigenvalue weighted by Crippen LogP contribution is 2.24. The van der Waals surface area contributed by atoms with Gasteiger partial charge in [-0.25, -0.2) is 4.98 Å². The summed E-state index contributed by atoms with van der Waals surface area (Å²) in [5.41, 5.74) is 1.84. The summed E-state index contributed by atoms with van der Waals surface area (Å²) in [6.07, 6.45) is 3.53. The summed E-state index contributed by atoms with van der Waals surface area (Å²) in [4.78, 5) is 4.42. The van der Waals surface area contributed by atoms with Gasteiger partial charge in [-0.15, -0.1) is 0 Å². The van der Waals surface area contributed by atoms with E-state index in [0.29, 0.717) is 0 Å². The molecule has 15 heavy (non-hydrogen) atoms. The standard InChI is InChI=1S/C10H15N5/c1-10(2,3)9-11-6-8(15(9)4)7-5-12-14-13-7/h5-6H,1-4H3,(H,12,13,14). The number of imidazole rings is 1. The van der Waals surface area contributed by atoms with Gasteiger partial charge in [0.2, 0.25) is 0 Å². The molecule has 0 atom stereocenters. The second-order valence-electron chi connectivity index (χ2n) is 4.63. The van der Waals surface area contributed by atoms with Crippen LogP contribution >= 0.6 is 0 Å². The minimum atomic E-state index is 0.0384. The predicted octanol–water partition coefficient (Wildman–Crippen LogP) is 1.50. The van der Waals surface area contributed by atoms with E-state index in [9.17, 15) is 0 Å². The van der Waals surface area contributed by atoms with Gasteiger partial charge in [0.05, 0.1) is 18.1 Å². The van der Waals surface area contributed by atoms with Gasteiger partial charge in [-0.3, -0.25) is 0 Å². The summed E-state index contributed by atoms with van der Waals surface area (Å²) in [5, 5.41) is 10.4. The van der Waals surface area contributed by atoms with Gasteiger partial charge in [0.1, 0.15) is 11.5 Å². The van der Waals surface area contributed by atoms with Crippen molar-refractivity contribution in [2.75, 3.05) is 0 Å². The van der Waals surface area contributed by atoms with Gasteiger partial charge >= 0.3 is 0 Å². The molecule has 2 aromatic heterocycles. The van der Waals surface area contributed by atoms with Crippen molar-refractivity contribution in [2.45, 2.75) is 26.2 Å². The van der Waals surface area contributed by atoms with E-state index >= 15 is 0 Å². The van der Waals surface area contributed by atoms with Crippen LogP contribution in [0.1, 0.15) is 26.6 Å². The summed E-state index contributed by atoms with van der Waals surface area (Å²) < 4.78 is 2.05. The maximum Gasteiger partial charge on any atom is 0.130 e. The number of nitrogens with zero attached hydrogens (tertiary/aromatic N) is 4. The quantitative estimate of drug-likeness (QED) is 0.767. The molecule has 0 aliphatic carbocycles. The van der Waals surface area contributed by atoms with E-state index in [2.05, 4.69) is 45.7 Å². The third-order valence-electron chi connectivity index (χ3n) is 2.34. The monoisotopic (exact) mass is 205 g/mol. The van der Waals surface area contributed by atoms with E-state index in [0.717, 1.165) is 17.2 Å². The number of aromatic amines is 1. The molecule has 2 rings (SSSR count). The van der Waals surface area contributed by atoms with Gasteiger partial charge in [-0.2, -0.15) is 15.4 Å². The average Bonchev–Trinajstić information content (AvgIpc) is 2.69. The van der Waals surface area contributed by atoms with E-state index in [4.69, 9.17) is 0 Å². The number of nitrogens with one attached hydrogen (secondary N) is 1. The van der Waals surface area contributed by atoms with Crippen LogP contribution < -0.4 is 0 Å². The molecule has 5 heteroatoms. The molecule has 0 saturated heterocycles. The van der Waals surface area contributed by atoms with E-state index in [1.54, 1.807) is 6.20 Å². The lowest BCUT2D eigenvalue weighted by Gasteiger charge is -2.18. The summed E-state index contributed by atoms with van der Waals surface area (Å²) in [5.74, 6) is 1.04. The van der Waals surface area contributed by atoms with E-state index in [-0.39, 0.29) is 5.41 Å². The molecule has 0 aromatic carbocycles. The molecule has 0 amide bonds. The molecule has 80 valence electrons. The SMILES string of the molecule is Cn1c(-c2cn[nH]n2)cnc1C(C)(C)C. The minimum absolute atomic E-state index is 0.0384. The molecule has 0 bridgehead atoms. The highest BCUT2D eigenvalue weighted by atomic mass is 15.3. The lowest BCUT2D eigenvalue weighted by molar-refractivity contribution is 0.523. The van der Waals surface area contributed by atoms with Crippen LogP contribution in [0.15, 0.2) is 12.4 Å². The van der Waals surface area contributed by atoms with Crippen LogP contribution in [0.2, 0.25) is 0 Å². The summed E-state index contributed by atoms with van der Waals surface area (Å²) in [6.45, 7) is 6.42. The number of aromatic nitrogens is 5. The highest BCUT2D eigenvalue weighted by Gasteiger charge is 2.21. The first-order valence-electron chi connectivity index (χ1n) is 4.88. The van der Waals surface area contributed by atoms with Crippen LogP contribution in [0, 0.1) is 0 Å². The first-order valence-corrected chi connectivity index (χ1v) is 4.88.